The van der Waals surface area contributed by atoms with E-state index in [0.717, 1.165) is 25.7 Å². The molecule has 1 rings (SSSR count). The molecular formula is C12H23NO2. The molecule has 15 heavy (non-hydrogen) atoms. The lowest BCUT2D eigenvalue weighted by Gasteiger charge is -2.27. The van der Waals surface area contributed by atoms with Crippen molar-refractivity contribution < 1.29 is 9.53 Å². The molecule has 0 aliphatic heterocycles. The fraction of sp³-hybridized carbons (Fsp3) is 0.917. The topological polar surface area (TPSA) is 52.3 Å². The number of nitrogens with two attached hydrogens (primary N) is 1. The van der Waals surface area contributed by atoms with Gasteiger partial charge in [-0.05, 0) is 52.4 Å². The van der Waals surface area contributed by atoms with Gasteiger partial charge < -0.3 is 10.5 Å². The Morgan fingerprint density at radius 3 is 2.27 bits per heavy atom. The molecule has 0 amide bonds. The van der Waals surface area contributed by atoms with Gasteiger partial charge in [-0.15, -0.1) is 0 Å². The van der Waals surface area contributed by atoms with Crippen molar-refractivity contribution >= 4 is 5.97 Å². The van der Waals surface area contributed by atoms with Crippen LogP contribution in [0.2, 0.25) is 0 Å². The van der Waals surface area contributed by atoms with Gasteiger partial charge in [0.15, 0.2) is 0 Å². The van der Waals surface area contributed by atoms with E-state index in [0.29, 0.717) is 18.4 Å². The van der Waals surface area contributed by atoms with Crippen LogP contribution in [0.25, 0.3) is 0 Å². The van der Waals surface area contributed by atoms with Crippen molar-refractivity contribution in [1.29, 1.82) is 0 Å². The Bertz CT molecular complexity index is 212. The fourth-order valence-electron chi connectivity index (χ4n) is 2.01. The summed E-state index contributed by atoms with van der Waals surface area (Å²) in [7, 11) is 0. The molecule has 0 radical (unpaired) electrons. The second kappa shape index (κ2) is 4.97. The van der Waals surface area contributed by atoms with Gasteiger partial charge in [0.05, 0.1) is 0 Å². The predicted molar refractivity (Wildman–Crippen MR) is 60.4 cm³/mol. The number of hydrogen-bond acceptors (Lipinski definition) is 3. The first-order valence-electron chi connectivity index (χ1n) is 5.84. The monoisotopic (exact) mass is 213 g/mol. The molecule has 1 saturated carbocycles. The van der Waals surface area contributed by atoms with Crippen LogP contribution in [-0.2, 0) is 9.53 Å². The van der Waals surface area contributed by atoms with Gasteiger partial charge in [-0.25, -0.2) is 0 Å². The maximum Gasteiger partial charge on any atom is 0.306 e. The summed E-state index contributed by atoms with van der Waals surface area (Å²) in [6, 6.07) is 0.347. The van der Waals surface area contributed by atoms with Crippen LogP contribution in [0.15, 0.2) is 0 Å². The summed E-state index contributed by atoms with van der Waals surface area (Å²) in [5.74, 6) is 0.419. The highest BCUT2D eigenvalue weighted by Gasteiger charge is 2.23. The van der Waals surface area contributed by atoms with Crippen molar-refractivity contribution in [3.05, 3.63) is 0 Å². The average Bonchev–Trinajstić information content (AvgIpc) is 2.05. The van der Waals surface area contributed by atoms with Gasteiger partial charge in [-0.2, -0.15) is 0 Å². The lowest BCUT2D eigenvalue weighted by Crippen LogP contribution is -2.29. The second-order valence-corrected chi connectivity index (χ2v) is 5.57. The highest BCUT2D eigenvalue weighted by molar-refractivity contribution is 5.70. The second-order valence-electron chi connectivity index (χ2n) is 5.57. The van der Waals surface area contributed by atoms with Gasteiger partial charge in [-0.3, -0.25) is 4.79 Å². The molecule has 0 unspecified atom stereocenters. The molecule has 1 aliphatic rings. The van der Waals surface area contributed by atoms with E-state index in [2.05, 4.69) is 0 Å². The molecule has 0 spiro atoms. The first-order valence-corrected chi connectivity index (χ1v) is 5.84. The zero-order chi connectivity index (χ0) is 11.5. The molecule has 0 aromatic heterocycles. The normalized spacial score (nSPS) is 27.5. The Labute approximate surface area is 92.4 Å². The van der Waals surface area contributed by atoms with Crippen LogP contribution in [0, 0.1) is 5.92 Å². The first-order chi connectivity index (χ1) is 6.87. The van der Waals surface area contributed by atoms with Crippen LogP contribution >= 0.6 is 0 Å². The van der Waals surface area contributed by atoms with Crippen molar-refractivity contribution in [2.75, 3.05) is 0 Å². The summed E-state index contributed by atoms with van der Waals surface area (Å²) < 4.78 is 5.30. The lowest BCUT2D eigenvalue weighted by atomic mass is 9.84. The third kappa shape index (κ3) is 5.17. The zero-order valence-corrected chi connectivity index (χ0v) is 10.1. The van der Waals surface area contributed by atoms with Gasteiger partial charge in [0, 0.05) is 12.5 Å². The number of ether oxygens (including phenoxy) is 1. The van der Waals surface area contributed by atoms with Gasteiger partial charge >= 0.3 is 5.97 Å². The molecular weight excluding hydrogens is 190 g/mol. The number of esters is 1. The molecule has 0 bridgehead atoms. The van der Waals surface area contributed by atoms with Crippen molar-refractivity contribution in [2.45, 2.75) is 64.5 Å². The molecule has 88 valence electrons. The summed E-state index contributed by atoms with van der Waals surface area (Å²) in [4.78, 5) is 11.6. The quantitative estimate of drug-likeness (QED) is 0.716. The predicted octanol–water partition coefficient (Wildman–Crippen LogP) is 2.24. The Morgan fingerprint density at radius 1 is 1.27 bits per heavy atom. The number of rotatable bonds is 2. The van der Waals surface area contributed by atoms with Crippen LogP contribution < -0.4 is 5.73 Å². The summed E-state index contributed by atoms with van der Waals surface area (Å²) in [6.07, 6.45) is 4.80. The number of carbonyl (C=O) groups is 1. The van der Waals surface area contributed by atoms with E-state index in [1.54, 1.807) is 0 Å². The molecule has 0 aromatic carbocycles. The highest BCUT2D eigenvalue weighted by atomic mass is 16.6. The van der Waals surface area contributed by atoms with Gasteiger partial charge in [-0.1, -0.05) is 0 Å². The van der Waals surface area contributed by atoms with E-state index in [1.165, 1.54) is 0 Å². The number of hydrogen-bond donors (Lipinski definition) is 1. The average molecular weight is 213 g/mol. The van der Waals surface area contributed by atoms with Crippen molar-refractivity contribution in [3.8, 4) is 0 Å². The third-order valence-corrected chi connectivity index (χ3v) is 2.77. The molecule has 0 aromatic rings. The van der Waals surface area contributed by atoms with Crippen LogP contribution in [0.4, 0.5) is 0 Å². The van der Waals surface area contributed by atoms with Crippen molar-refractivity contribution in [1.82, 2.24) is 0 Å². The summed E-state index contributed by atoms with van der Waals surface area (Å²) in [5.41, 5.74) is 5.45. The molecule has 2 N–H and O–H groups in total. The van der Waals surface area contributed by atoms with E-state index in [-0.39, 0.29) is 11.6 Å². The van der Waals surface area contributed by atoms with Crippen LogP contribution in [-0.4, -0.2) is 17.6 Å². The van der Waals surface area contributed by atoms with E-state index >= 15 is 0 Å². The summed E-state index contributed by atoms with van der Waals surface area (Å²) in [6.45, 7) is 5.71. The van der Waals surface area contributed by atoms with Crippen molar-refractivity contribution in [2.24, 2.45) is 11.7 Å². The minimum atomic E-state index is -0.359. The molecule has 3 nitrogen and oxygen atoms in total. The maximum absolute atomic E-state index is 11.6. The molecule has 1 aliphatic carbocycles. The van der Waals surface area contributed by atoms with E-state index in [9.17, 15) is 4.79 Å². The minimum absolute atomic E-state index is 0.0667. The maximum atomic E-state index is 11.6. The van der Waals surface area contributed by atoms with E-state index in [4.69, 9.17) is 10.5 Å². The van der Waals surface area contributed by atoms with Crippen molar-refractivity contribution in [3.63, 3.8) is 0 Å². The SMILES string of the molecule is CC(C)(C)OC(=O)CC1CCC(N)CC1. The largest absolute Gasteiger partial charge is 0.460 e. The van der Waals surface area contributed by atoms with Gasteiger partial charge in [0.1, 0.15) is 5.60 Å². The molecule has 0 atom stereocenters. The van der Waals surface area contributed by atoms with Crippen LogP contribution in [0.3, 0.4) is 0 Å². The van der Waals surface area contributed by atoms with Crippen LogP contribution in [0.5, 0.6) is 0 Å². The Morgan fingerprint density at radius 2 is 1.80 bits per heavy atom. The number of carbonyl (C=O) groups excluding carboxylic acids is 1. The molecule has 0 heterocycles. The van der Waals surface area contributed by atoms with Gasteiger partial charge in [0.2, 0.25) is 0 Å². The standard InChI is InChI=1S/C12H23NO2/c1-12(2,3)15-11(14)8-9-4-6-10(13)7-5-9/h9-10H,4-8,13H2,1-3H3. The lowest BCUT2D eigenvalue weighted by molar-refractivity contribution is -0.156. The Hall–Kier alpha value is -0.570. The molecule has 0 saturated heterocycles. The third-order valence-electron chi connectivity index (χ3n) is 2.77. The van der Waals surface area contributed by atoms with Gasteiger partial charge in [0.25, 0.3) is 0 Å². The molecule has 3 heteroatoms. The smallest absolute Gasteiger partial charge is 0.306 e. The highest BCUT2D eigenvalue weighted by Crippen LogP contribution is 2.26. The summed E-state index contributed by atoms with van der Waals surface area (Å²) in [5, 5.41) is 0. The van der Waals surface area contributed by atoms with Crippen LogP contribution in [0.1, 0.15) is 52.9 Å². The van der Waals surface area contributed by atoms with E-state index < -0.39 is 0 Å². The first kappa shape index (κ1) is 12.5. The Balaban J connectivity index is 2.27. The summed E-state index contributed by atoms with van der Waals surface area (Å²) >= 11 is 0. The zero-order valence-electron chi connectivity index (χ0n) is 10.1. The minimum Gasteiger partial charge on any atom is -0.460 e. The molecule has 1 fully saturated rings. The fourth-order valence-corrected chi connectivity index (χ4v) is 2.01. The van der Waals surface area contributed by atoms with E-state index in [1.807, 2.05) is 20.8 Å². The Kier molecular flexibility index (Phi) is 4.14.